The van der Waals surface area contributed by atoms with Crippen LogP contribution in [0.5, 0.6) is 0 Å². The van der Waals surface area contributed by atoms with Gasteiger partial charge < -0.3 is 15.4 Å². The number of nitrogens with two attached hydrogens (primary N) is 1. The summed E-state index contributed by atoms with van der Waals surface area (Å²) in [5, 5.41) is 0.839. The van der Waals surface area contributed by atoms with Gasteiger partial charge in [-0.15, -0.1) is 0 Å². The van der Waals surface area contributed by atoms with Crippen molar-refractivity contribution < 1.29 is 22.7 Å². The van der Waals surface area contributed by atoms with Crippen LogP contribution in [0, 0.1) is 11.8 Å². The highest BCUT2D eigenvalue weighted by Gasteiger charge is 2.51. The molecule has 6 rings (SSSR count). The zero-order valence-corrected chi connectivity index (χ0v) is 19.2. The number of aromatic nitrogens is 2. The van der Waals surface area contributed by atoms with Gasteiger partial charge in [0, 0.05) is 28.8 Å². The molecule has 3 aliphatic rings. The Hall–Kier alpha value is -3.20. The number of carbonyl (C=O) groups is 1. The first-order valence-electron chi connectivity index (χ1n) is 11.9. The highest BCUT2D eigenvalue weighted by molar-refractivity contribution is 5.99. The van der Waals surface area contributed by atoms with Crippen molar-refractivity contribution in [2.45, 2.75) is 57.7 Å². The summed E-state index contributed by atoms with van der Waals surface area (Å²) in [4.78, 5) is 24.1. The molecule has 35 heavy (non-hydrogen) atoms. The third-order valence-electron chi connectivity index (χ3n) is 7.47. The van der Waals surface area contributed by atoms with E-state index < -0.39 is 11.7 Å². The molecule has 2 aromatic heterocycles. The van der Waals surface area contributed by atoms with E-state index in [0.717, 1.165) is 35.2 Å². The van der Waals surface area contributed by atoms with Crippen LogP contribution in [-0.2, 0) is 24.1 Å². The zero-order valence-electron chi connectivity index (χ0n) is 19.2. The van der Waals surface area contributed by atoms with E-state index in [4.69, 9.17) is 10.5 Å². The lowest BCUT2D eigenvalue weighted by molar-refractivity contribution is -0.137. The molecular formula is C26H25F3N4O2. The fraction of sp³-hybridized carbons (Fsp3) is 0.423. The molecular weight excluding hydrogens is 457 g/mol. The summed E-state index contributed by atoms with van der Waals surface area (Å²) in [6.45, 7) is 2.50. The molecule has 1 aliphatic heterocycles. The number of hydrogen-bond donors (Lipinski definition) is 1. The average Bonchev–Trinajstić information content (AvgIpc) is 3.74. The molecule has 0 bridgehead atoms. The molecule has 3 aromatic rings. The van der Waals surface area contributed by atoms with Crippen LogP contribution in [0.15, 0.2) is 36.5 Å². The van der Waals surface area contributed by atoms with Gasteiger partial charge in [0.05, 0.1) is 36.0 Å². The molecule has 9 heteroatoms. The van der Waals surface area contributed by atoms with Crippen molar-refractivity contribution in [3.8, 4) is 0 Å². The Morgan fingerprint density at radius 3 is 2.71 bits per heavy atom. The van der Waals surface area contributed by atoms with Crippen molar-refractivity contribution >= 4 is 22.6 Å². The summed E-state index contributed by atoms with van der Waals surface area (Å²) in [5.74, 6) is 1.38. The summed E-state index contributed by atoms with van der Waals surface area (Å²) in [6.07, 6.45) is -0.499. The first-order chi connectivity index (χ1) is 16.7. The maximum atomic E-state index is 13.8. The van der Waals surface area contributed by atoms with Gasteiger partial charge in [0.1, 0.15) is 5.82 Å². The first kappa shape index (κ1) is 22.3. The monoisotopic (exact) mass is 482 g/mol. The number of ether oxygens (including phenoxy) is 1. The van der Waals surface area contributed by atoms with E-state index in [1.807, 2.05) is 13.0 Å². The van der Waals surface area contributed by atoms with Gasteiger partial charge in [0.15, 0.2) is 0 Å². The molecule has 0 saturated heterocycles. The van der Waals surface area contributed by atoms with Crippen molar-refractivity contribution in [2.24, 2.45) is 11.8 Å². The predicted octanol–water partition coefficient (Wildman–Crippen LogP) is 5.26. The summed E-state index contributed by atoms with van der Waals surface area (Å²) < 4.78 is 44.7. The second-order valence-electron chi connectivity index (χ2n) is 9.85. The highest BCUT2D eigenvalue weighted by Crippen LogP contribution is 2.52. The van der Waals surface area contributed by atoms with Crippen LogP contribution in [0.2, 0.25) is 0 Å². The lowest BCUT2D eigenvalue weighted by atomic mass is 10.00. The number of nitrogens with zero attached hydrogens (tertiary/aromatic N) is 3. The Bertz CT molecular complexity index is 1320. The van der Waals surface area contributed by atoms with Crippen LogP contribution >= 0.6 is 0 Å². The number of alkyl halides is 3. The largest absolute Gasteiger partial charge is 0.417 e. The number of anilines is 1. The number of pyridine rings is 2. The van der Waals surface area contributed by atoms with Gasteiger partial charge in [-0.05, 0) is 73.9 Å². The molecule has 1 aromatic carbocycles. The maximum Gasteiger partial charge on any atom is 0.417 e. The SMILES string of the molecule is C[C@H]1OCc2c1c(N)nc1ccc(C(=O)N(Cc3ccc(C(F)(F)F)cn3)[C@@H]3C[C@@H]3C3CC3)cc21. The lowest BCUT2D eigenvalue weighted by Gasteiger charge is -2.24. The van der Waals surface area contributed by atoms with Gasteiger partial charge >= 0.3 is 6.18 Å². The Balaban J connectivity index is 1.33. The summed E-state index contributed by atoms with van der Waals surface area (Å²) in [7, 11) is 0. The molecule has 0 unspecified atom stereocenters. The van der Waals surface area contributed by atoms with E-state index in [1.54, 1.807) is 17.0 Å². The van der Waals surface area contributed by atoms with E-state index >= 15 is 0 Å². The van der Waals surface area contributed by atoms with Crippen molar-refractivity contribution in [3.05, 3.63) is 64.5 Å². The van der Waals surface area contributed by atoms with Gasteiger partial charge in [0.25, 0.3) is 5.91 Å². The van der Waals surface area contributed by atoms with Crippen LogP contribution in [0.25, 0.3) is 10.9 Å². The summed E-state index contributed by atoms with van der Waals surface area (Å²) >= 11 is 0. The standard InChI is InChI=1S/C26H25F3N4O2/c1-13-23-20(12-35-13)19-8-15(4-7-21(19)32-24(23)30)25(34)33(22-9-18(22)14-2-3-14)11-17-6-5-16(10-31-17)26(27,28)29/h4-8,10,13-14,18,22H,2-3,9,11-12H2,1H3,(H2,30,32)/t13-,18-,22-/m1/s1. The van der Waals surface area contributed by atoms with Crippen molar-refractivity contribution in [1.82, 2.24) is 14.9 Å². The minimum atomic E-state index is -4.45. The van der Waals surface area contributed by atoms with Gasteiger partial charge in [-0.3, -0.25) is 9.78 Å². The van der Waals surface area contributed by atoms with Crippen molar-refractivity contribution in [1.29, 1.82) is 0 Å². The third-order valence-corrected chi connectivity index (χ3v) is 7.47. The van der Waals surface area contributed by atoms with Crippen molar-refractivity contribution in [3.63, 3.8) is 0 Å². The fourth-order valence-corrected chi connectivity index (χ4v) is 5.35. The predicted molar refractivity (Wildman–Crippen MR) is 123 cm³/mol. The molecule has 2 fully saturated rings. The molecule has 2 saturated carbocycles. The fourth-order valence-electron chi connectivity index (χ4n) is 5.35. The molecule has 3 heterocycles. The van der Waals surface area contributed by atoms with E-state index in [9.17, 15) is 18.0 Å². The Labute approximate surface area is 200 Å². The molecule has 6 nitrogen and oxygen atoms in total. The molecule has 0 radical (unpaired) electrons. The van der Waals surface area contributed by atoms with Gasteiger partial charge in [-0.1, -0.05) is 0 Å². The number of carbonyl (C=O) groups excluding carboxylic acids is 1. The van der Waals surface area contributed by atoms with Crippen LogP contribution in [0.3, 0.4) is 0 Å². The Morgan fingerprint density at radius 1 is 1.23 bits per heavy atom. The molecule has 2 aliphatic carbocycles. The smallest absolute Gasteiger partial charge is 0.383 e. The number of hydrogen-bond acceptors (Lipinski definition) is 5. The quantitative estimate of drug-likeness (QED) is 0.536. The van der Waals surface area contributed by atoms with Crippen LogP contribution in [0.1, 0.15) is 65.0 Å². The van der Waals surface area contributed by atoms with Crippen LogP contribution in [-0.4, -0.2) is 26.8 Å². The number of nitrogen functional groups attached to an aromatic ring is 1. The normalized spacial score (nSPS) is 23.4. The third kappa shape index (κ3) is 4.01. The minimum absolute atomic E-state index is 0.0772. The molecule has 0 spiro atoms. The summed E-state index contributed by atoms with van der Waals surface area (Å²) in [6, 6.07) is 7.83. The van der Waals surface area contributed by atoms with E-state index in [-0.39, 0.29) is 24.6 Å². The molecule has 182 valence electrons. The molecule has 3 atom stereocenters. The van der Waals surface area contributed by atoms with E-state index in [0.29, 0.717) is 41.0 Å². The number of benzene rings is 1. The van der Waals surface area contributed by atoms with Crippen molar-refractivity contribution in [2.75, 3.05) is 5.73 Å². The Morgan fingerprint density at radius 2 is 2.03 bits per heavy atom. The summed E-state index contributed by atoms with van der Waals surface area (Å²) in [5.41, 5.74) is 8.82. The van der Waals surface area contributed by atoms with E-state index in [1.165, 1.54) is 18.9 Å². The number of amides is 1. The number of halogens is 3. The Kier molecular flexibility index (Phi) is 5.03. The molecule has 1 amide bonds. The second-order valence-corrected chi connectivity index (χ2v) is 9.85. The number of rotatable bonds is 5. The second kappa shape index (κ2) is 7.91. The van der Waals surface area contributed by atoms with E-state index in [2.05, 4.69) is 9.97 Å². The number of fused-ring (bicyclic) bond motifs is 3. The highest BCUT2D eigenvalue weighted by atomic mass is 19.4. The van der Waals surface area contributed by atoms with Gasteiger partial charge in [-0.2, -0.15) is 13.2 Å². The topological polar surface area (TPSA) is 81.3 Å². The van der Waals surface area contributed by atoms with Gasteiger partial charge in [0.2, 0.25) is 0 Å². The molecule has 2 N–H and O–H groups in total. The van der Waals surface area contributed by atoms with Crippen LogP contribution < -0.4 is 5.73 Å². The van der Waals surface area contributed by atoms with Gasteiger partial charge in [-0.25, -0.2) is 4.98 Å². The maximum absolute atomic E-state index is 13.8. The average molecular weight is 483 g/mol. The zero-order chi connectivity index (χ0) is 24.5. The lowest BCUT2D eigenvalue weighted by Crippen LogP contribution is -2.34. The minimum Gasteiger partial charge on any atom is -0.383 e. The van der Waals surface area contributed by atoms with Crippen LogP contribution in [0.4, 0.5) is 19.0 Å². The first-order valence-corrected chi connectivity index (χ1v) is 11.9.